The molecule has 0 aliphatic carbocycles. The molecule has 0 saturated carbocycles. The van der Waals surface area contributed by atoms with Crippen LogP contribution in [0.2, 0.25) is 8.87 Å². The van der Waals surface area contributed by atoms with Crippen molar-refractivity contribution in [1.82, 2.24) is 0 Å². The number of hydrogen-bond donors (Lipinski definition) is 0. The maximum atomic E-state index is 7.34. The van der Waals surface area contributed by atoms with Gasteiger partial charge in [0.2, 0.25) is 0 Å². The molecule has 0 unspecified atom stereocenters. The van der Waals surface area contributed by atoms with Gasteiger partial charge in [-0.1, -0.05) is 0 Å². The molecular formula is C36H60O2Sn. The molecule has 0 atom stereocenters. The Kier molecular flexibility index (Phi) is 18.8. The molecule has 0 N–H and O–H groups in total. The van der Waals surface area contributed by atoms with Crippen LogP contribution in [0.25, 0.3) is 0 Å². The van der Waals surface area contributed by atoms with Crippen LogP contribution in [-0.2, 0) is 12.8 Å². The van der Waals surface area contributed by atoms with E-state index in [1.807, 2.05) is 0 Å². The molecule has 3 heteroatoms. The zero-order valence-corrected chi connectivity index (χ0v) is 28.9. The van der Waals surface area contributed by atoms with Gasteiger partial charge in [0.1, 0.15) is 0 Å². The molecule has 0 heterocycles. The minimum absolute atomic E-state index is 1.09. The Morgan fingerprint density at radius 1 is 0.436 bits per heavy atom. The van der Waals surface area contributed by atoms with Crippen molar-refractivity contribution in [3.05, 3.63) is 59.7 Å². The van der Waals surface area contributed by atoms with Crippen molar-refractivity contribution in [2.75, 3.05) is 0 Å². The molecule has 0 spiro atoms. The van der Waals surface area contributed by atoms with Crippen molar-refractivity contribution in [2.45, 2.75) is 152 Å². The normalized spacial score (nSPS) is 11.6. The molecule has 2 nitrogen and oxygen atoms in total. The Balaban J connectivity index is 2.34. The van der Waals surface area contributed by atoms with E-state index in [1.165, 1.54) is 114 Å². The van der Waals surface area contributed by atoms with Crippen LogP contribution in [0.15, 0.2) is 48.5 Å². The SMILES string of the molecule is CCCCCCC[CH2][Sn]([CH2]CCCCCCC)([O]c1ccccc1CCCC)[O]c1ccccc1CCCC. The molecule has 2 aromatic rings. The van der Waals surface area contributed by atoms with E-state index in [9.17, 15) is 0 Å². The molecule has 220 valence electrons. The van der Waals surface area contributed by atoms with E-state index < -0.39 is 19.2 Å². The summed E-state index contributed by atoms with van der Waals surface area (Å²) in [5, 5.41) is 0. The molecule has 2 aromatic carbocycles. The molecule has 0 radical (unpaired) electrons. The van der Waals surface area contributed by atoms with Gasteiger partial charge in [-0.15, -0.1) is 0 Å². The number of para-hydroxylation sites is 2. The third-order valence-electron chi connectivity index (χ3n) is 7.96. The van der Waals surface area contributed by atoms with Crippen LogP contribution < -0.4 is 6.15 Å². The van der Waals surface area contributed by atoms with Gasteiger partial charge in [0, 0.05) is 0 Å². The molecule has 0 bridgehead atoms. The summed E-state index contributed by atoms with van der Waals surface area (Å²) in [4.78, 5) is 0. The summed E-state index contributed by atoms with van der Waals surface area (Å²) >= 11 is -3.54. The van der Waals surface area contributed by atoms with Gasteiger partial charge in [0.15, 0.2) is 0 Å². The molecule has 0 amide bonds. The number of hydrogen-bond acceptors (Lipinski definition) is 2. The van der Waals surface area contributed by atoms with Gasteiger partial charge in [-0.25, -0.2) is 0 Å². The quantitative estimate of drug-likeness (QED) is 0.0837. The van der Waals surface area contributed by atoms with Crippen molar-refractivity contribution in [3.8, 4) is 11.5 Å². The average Bonchev–Trinajstić information content (AvgIpc) is 2.96. The molecule has 2 rings (SSSR count). The number of aryl methyl sites for hydroxylation is 2. The van der Waals surface area contributed by atoms with Crippen molar-refractivity contribution < 1.29 is 6.15 Å². The monoisotopic (exact) mass is 644 g/mol. The van der Waals surface area contributed by atoms with Crippen LogP contribution in [0.1, 0.15) is 142 Å². The summed E-state index contributed by atoms with van der Waals surface area (Å²) in [6.45, 7) is 9.16. The predicted molar refractivity (Wildman–Crippen MR) is 173 cm³/mol. The van der Waals surface area contributed by atoms with Crippen molar-refractivity contribution >= 4 is 19.2 Å². The number of benzene rings is 2. The Morgan fingerprint density at radius 3 is 1.21 bits per heavy atom. The second-order valence-corrected chi connectivity index (χ2v) is 20.8. The van der Waals surface area contributed by atoms with Gasteiger partial charge < -0.3 is 0 Å². The second-order valence-electron chi connectivity index (χ2n) is 11.6. The summed E-state index contributed by atoms with van der Waals surface area (Å²) < 4.78 is 17.0. The van der Waals surface area contributed by atoms with Gasteiger partial charge in [-0.05, 0) is 0 Å². The molecule has 0 saturated heterocycles. The van der Waals surface area contributed by atoms with E-state index >= 15 is 0 Å². The standard InChI is InChI=1S/2C10H14O.2C8H17.Sn/c2*1-2-3-6-9-7-4-5-8-10(9)11;2*1-3-5-7-8-6-4-2;/h2*4-5,7-8,11H,2-3,6H2,1H3;2*1,3-8H2,2H3;/q;;;;+2/p-2. The Morgan fingerprint density at radius 2 is 0.795 bits per heavy atom. The minimum atomic E-state index is -3.54. The van der Waals surface area contributed by atoms with Gasteiger partial charge in [0.05, 0.1) is 0 Å². The van der Waals surface area contributed by atoms with Crippen LogP contribution >= 0.6 is 0 Å². The third kappa shape index (κ3) is 13.8. The number of rotatable bonds is 24. The van der Waals surface area contributed by atoms with Crippen molar-refractivity contribution in [1.29, 1.82) is 0 Å². The topological polar surface area (TPSA) is 18.5 Å². The zero-order chi connectivity index (χ0) is 28.0. The first kappa shape index (κ1) is 34.0. The summed E-state index contributed by atoms with van der Waals surface area (Å²) in [7, 11) is 0. The van der Waals surface area contributed by atoms with Gasteiger partial charge in [-0.3, -0.25) is 0 Å². The zero-order valence-electron chi connectivity index (χ0n) is 26.1. The number of unbranched alkanes of at least 4 members (excludes halogenated alkanes) is 12. The Bertz CT molecular complexity index is 793. The summed E-state index contributed by atoms with van der Waals surface area (Å²) in [6.07, 6.45) is 22.8. The van der Waals surface area contributed by atoms with Gasteiger partial charge in [0.25, 0.3) is 0 Å². The van der Waals surface area contributed by atoms with Crippen LogP contribution in [0.5, 0.6) is 11.5 Å². The fourth-order valence-electron chi connectivity index (χ4n) is 5.45. The Labute approximate surface area is 247 Å². The fraction of sp³-hybridized carbons (Fsp3) is 0.667. The molecule has 0 aliphatic heterocycles. The van der Waals surface area contributed by atoms with Crippen molar-refractivity contribution in [2.24, 2.45) is 0 Å². The van der Waals surface area contributed by atoms with E-state index in [0.717, 1.165) is 33.2 Å². The third-order valence-corrected chi connectivity index (χ3v) is 17.7. The second kappa shape index (κ2) is 21.6. The average molecular weight is 644 g/mol. The van der Waals surface area contributed by atoms with Crippen LogP contribution in [-0.4, -0.2) is 19.2 Å². The van der Waals surface area contributed by atoms with Gasteiger partial charge >= 0.3 is 249 Å². The summed E-state index contributed by atoms with van der Waals surface area (Å²) in [6, 6.07) is 17.7. The first-order chi connectivity index (χ1) is 19.2. The maximum absolute atomic E-state index is 7.34. The van der Waals surface area contributed by atoms with Crippen LogP contribution in [0.3, 0.4) is 0 Å². The summed E-state index contributed by atoms with van der Waals surface area (Å²) in [5.74, 6) is 2.23. The van der Waals surface area contributed by atoms with Gasteiger partial charge in [-0.2, -0.15) is 0 Å². The fourth-order valence-corrected chi connectivity index (χ4v) is 15.4. The first-order valence-corrected chi connectivity index (χ1v) is 23.1. The Hall–Kier alpha value is -1.16. The summed E-state index contributed by atoms with van der Waals surface area (Å²) in [5.41, 5.74) is 2.74. The molecule has 39 heavy (non-hydrogen) atoms. The van der Waals surface area contributed by atoms with E-state index in [-0.39, 0.29) is 0 Å². The van der Waals surface area contributed by atoms with E-state index in [0.29, 0.717) is 0 Å². The van der Waals surface area contributed by atoms with E-state index in [2.05, 4.69) is 76.2 Å². The predicted octanol–water partition coefficient (Wildman–Crippen LogP) is 12.0. The molecule has 0 fully saturated rings. The van der Waals surface area contributed by atoms with Crippen molar-refractivity contribution in [3.63, 3.8) is 0 Å². The first-order valence-electron chi connectivity index (χ1n) is 16.7. The molecule has 0 aromatic heterocycles. The van der Waals surface area contributed by atoms with E-state index in [1.54, 1.807) is 0 Å². The molecule has 0 aliphatic rings. The molecular weight excluding hydrogens is 583 g/mol. The van der Waals surface area contributed by atoms with E-state index in [4.69, 9.17) is 6.15 Å². The van der Waals surface area contributed by atoms with Crippen LogP contribution in [0.4, 0.5) is 0 Å². The van der Waals surface area contributed by atoms with Crippen LogP contribution in [0, 0.1) is 0 Å².